The summed E-state index contributed by atoms with van der Waals surface area (Å²) in [7, 11) is 0. The van der Waals surface area contributed by atoms with Gasteiger partial charge in [-0.1, -0.05) is 6.07 Å². The Bertz CT molecular complexity index is 1160. The Morgan fingerprint density at radius 2 is 1.82 bits per heavy atom. The van der Waals surface area contributed by atoms with E-state index in [0.29, 0.717) is 18.2 Å². The molecule has 0 aliphatic carbocycles. The molecular formula is C25H24F2N4O2. The maximum atomic E-state index is 13.4. The fourth-order valence-electron chi connectivity index (χ4n) is 4.07. The SMILES string of the molecule is CC(=O)Nc1cncc(C2CCN(Cc3ccc(C(=O)c4ccc(F)c(F)c4)nc3)CC2)c1. The van der Waals surface area contributed by atoms with E-state index >= 15 is 0 Å². The molecule has 0 unspecified atom stereocenters. The molecule has 1 aromatic carbocycles. The number of carbonyl (C=O) groups excluding carboxylic acids is 2. The van der Waals surface area contributed by atoms with Gasteiger partial charge < -0.3 is 5.32 Å². The number of rotatable bonds is 6. The molecule has 6 nitrogen and oxygen atoms in total. The predicted molar refractivity (Wildman–Crippen MR) is 120 cm³/mol. The van der Waals surface area contributed by atoms with Crippen LogP contribution in [-0.4, -0.2) is 39.6 Å². The number of piperidine rings is 1. The van der Waals surface area contributed by atoms with E-state index in [4.69, 9.17) is 0 Å². The zero-order valence-electron chi connectivity index (χ0n) is 18.2. The number of hydrogen-bond donors (Lipinski definition) is 1. The van der Waals surface area contributed by atoms with Crippen LogP contribution in [0.4, 0.5) is 14.5 Å². The zero-order valence-corrected chi connectivity index (χ0v) is 18.2. The van der Waals surface area contributed by atoms with Gasteiger partial charge in [0.1, 0.15) is 5.69 Å². The van der Waals surface area contributed by atoms with Crippen LogP contribution in [0, 0.1) is 11.6 Å². The highest BCUT2D eigenvalue weighted by Gasteiger charge is 2.21. The lowest BCUT2D eigenvalue weighted by molar-refractivity contribution is -0.114. The lowest BCUT2D eigenvalue weighted by Crippen LogP contribution is -2.32. The summed E-state index contributed by atoms with van der Waals surface area (Å²) >= 11 is 0. The number of anilines is 1. The molecule has 0 atom stereocenters. The topological polar surface area (TPSA) is 75.2 Å². The van der Waals surface area contributed by atoms with Crippen molar-refractivity contribution >= 4 is 17.4 Å². The molecular weight excluding hydrogens is 426 g/mol. The van der Waals surface area contributed by atoms with Crippen molar-refractivity contribution < 1.29 is 18.4 Å². The van der Waals surface area contributed by atoms with Crippen molar-refractivity contribution in [3.63, 3.8) is 0 Å². The fraction of sp³-hybridized carbons (Fsp3) is 0.280. The van der Waals surface area contributed by atoms with Crippen LogP contribution in [0.1, 0.15) is 52.9 Å². The number of nitrogens with one attached hydrogen (secondary N) is 1. The number of nitrogens with zero attached hydrogens (tertiary/aromatic N) is 3. The van der Waals surface area contributed by atoms with Crippen LogP contribution in [0.3, 0.4) is 0 Å². The molecule has 33 heavy (non-hydrogen) atoms. The van der Waals surface area contributed by atoms with Gasteiger partial charge in [-0.2, -0.15) is 0 Å². The van der Waals surface area contributed by atoms with Gasteiger partial charge in [-0.15, -0.1) is 0 Å². The quantitative estimate of drug-likeness (QED) is 0.566. The maximum Gasteiger partial charge on any atom is 0.221 e. The van der Waals surface area contributed by atoms with Crippen LogP contribution in [0.2, 0.25) is 0 Å². The number of pyridine rings is 2. The Morgan fingerprint density at radius 1 is 1.03 bits per heavy atom. The van der Waals surface area contributed by atoms with Crippen molar-refractivity contribution in [2.45, 2.75) is 32.2 Å². The molecule has 1 fully saturated rings. The number of aromatic nitrogens is 2. The van der Waals surface area contributed by atoms with Crippen molar-refractivity contribution in [1.82, 2.24) is 14.9 Å². The highest BCUT2D eigenvalue weighted by Crippen LogP contribution is 2.29. The molecule has 3 heterocycles. The van der Waals surface area contributed by atoms with E-state index in [-0.39, 0.29) is 17.2 Å². The zero-order chi connectivity index (χ0) is 23.4. The predicted octanol–water partition coefficient (Wildman–Crippen LogP) is 4.32. The van der Waals surface area contributed by atoms with Gasteiger partial charge in [0.2, 0.25) is 11.7 Å². The minimum Gasteiger partial charge on any atom is -0.325 e. The van der Waals surface area contributed by atoms with E-state index in [0.717, 1.165) is 49.2 Å². The molecule has 3 aromatic rings. The lowest BCUT2D eigenvalue weighted by atomic mass is 9.90. The summed E-state index contributed by atoms with van der Waals surface area (Å²) in [4.78, 5) is 34.6. The molecule has 0 bridgehead atoms. The first-order valence-electron chi connectivity index (χ1n) is 10.8. The van der Waals surface area contributed by atoms with E-state index in [1.165, 1.54) is 13.0 Å². The van der Waals surface area contributed by atoms with Gasteiger partial charge in [-0.3, -0.25) is 24.5 Å². The van der Waals surface area contributed by atoms with Crippen molar-refractivity contribution in [1.29, 1.82) is 0 Å². The molecule has 170 valence electrons. The average molecular weight is 450 g/mol. The molecule has 0 spiro atoms. The van der Waals surface area contributed by atoms with Crippen molar-refractivity contribution in [2.24, 2.45) is 0 Å². The van der Waals surface area contributed by atoms with Crippen LogP contribution >= 0.6 is 0 Å². The number of ketones is 1. The standard InChI is InChI=1S/C25H24F2N4O2/c1-16(32)30-21-10-20(13-28-14-21)18-6-8-31(9-7-18)15-17-2-5-24(29-12-17)25(33)19-3-4-22(26)23(27)11-19/h2-5,10-14,18H,6-9,15H2,1H3,(H,30,32). The smallest absolute Gasteiger partial charge is 0.221 e. The second-order valence-corrected chi connectivity index (χ2v) is 8.25. The van der Waals surface area contributed by atoms with Gasteiger partial charge in [-0.05, 0) is 73.3 Å². The van der Waals surface area contributed by atoms with Crippen molar-refractivity contribution in [3.05, 3.63) is 89.0 Å². The van der Waals surface area contributed by atoms with Gasteiger partial charge >= 0.3 is 0 Å². The number of carbonyl (C=O) groups is 2. The molecule has 1 N–H and O–H groups in total. The van der Waals surface area contributed by atoms with Gasteiger partial charge in [0.05, 0.1) is 11.9 Å². The molecule has 1 amide bonds. The van der Waals surface area contributed by atoms with Crippen LogP contribution < -0.4 is 5.32 Å². The summed E-state index contributed by atoms with van der Waals surface area (Å²) in [5.41, 5.74) is 3.07. The third kappa shape index (κ3) is 5.64. The van der Waals surface area contributed by atoms with Crippen LogP contribution in [-0.2, 0) is 11.3 Å². The van der Waals surface area contributed by atoms with E-state index in [1.807, 2.05) is 18.3 Å². The van der Waals surface area contributed by atoms with Gasteiger partial charge in [0, 0.05) is 31.4 Å². The van der Waals surface area contributed by atoms with Crippen LogP contribution in [0.15, 0.2) is 55.0 Å². The number of hydrogen-bond acceptors (Lipinski definition) is 5. The Balaban J connectivity index is 1.33. The van der Waals surface area contributed by atoms with E-state index in [9.17, 15) is 18.4 Å². The first-order chi connectivity index (χ1) is 15.9. The Kier molecular flexibility index (Phi) is 6.84. The summed E-state index contributed by atoms with van der Waals surface area (Å²) < 4.78 is 26.5. The average Bonchev–Trinajstić information content (AvgIpc) is 2.81. The summed E-state index contributed by atoms with van der Waals surface area (Å²) in [5, 5.41) is 2.78. The third-order valence-electron chi connectivity index (χ3n) is 5.78. The first kappa shape index (κ1) is 22.7. The Hall–Kier alpha value is -3.52. The Morgan fingerprint density at radius 3 is 2.48 bits per heavy atom. The maximum absolute atomic E-state index is 13.4. The largest absolute Gasteiger partial charge is 0.325 e. The molecule has 1 aliphatic rings. The summed E-state index contributed by atoms with van der Waals surface area (Å²) in [6.07, 6.45) is 7.11. The summed E-state index contributed by atoms with van der Waals surface area (Å²) in [6.45, 7) is 4.00. The fourth-order valence-corrected chi connectivity index (χ4v) is 4.07. The monoisotopic (exact) mass is 450 g/mol. The minimum atomic E-state index is -1.06. The molecule has 1 aliphatic heterocycles. The summed E-state index contributed by atoms with van der Waals surface area (Å²) in [6, 6.07) is 8.52. The molecule has 0 radical (unpaired) electrons. The van der Waals surface area contributed by atoms with Gasteiger partial charge in [-0.25, -0.2) is 8.78 Å². The van der Waals surface area contributed by atoms with Crippen molar-refractivity contribution in [3.8, 4) is 0 Å². The number of benzene rings is 1. The highest BCUT2D eigenvalue weighted by molar-refractivity contribution is 6.07. The molecule has 0 saturated carbocycles. The molecule has 1 saturated heterocycles. The van der Waals surface area contributed by atoms with E-state index in [2.05, 4.69) is 20.2 Å². The second-order valence-electron chi connectivity index (χ2n) is 8.25. The van der Waals surface area contributed by atoms with Gasteiger partial charge in [0.25, 0.3) is 0 Å². The number of halogens is 2. The van der Waals surface area contributed by atoms with Crippen LogP contribution in [0.5, 0.6) is 0 Å². The molecule has 4 rings (SSSR count). The normalized spacial score (nSPS) is 14.8. The molecule has 8 heteroatoms. The first-order valence-corrected chi connectivity index (χ1v) is 10.8. The second kappa shape index (κ2) is 9.95. The summed E-state index contributed by atoms with van der Waals surface area (Å²) in [5.74, 6) is -2.23. The van der Waals surface area contributed by atoms with E-state index in [1.54, 1.807) is 18.5 Å². The van der Waals surface area contributed by atoms with E-state index < -0.39 is 17.4 Å². The van der Waals surface area contributed by atoms with Crippen molar-refractivity contribution in [2.75, 3.05) is 18.4 Å². The van der Waals surface area contributed by atoms with Crippen LogP contribution in [0.25, 0.3) is 0 Å². The number of likely N-dealkylation sites (tertiary alicyclic amines) is 1. The van der Waals surface area contributed by atoms with Gasteiger partial charge in [0.15, 0.2) is 11.6 Å². The Labute approximate surface area is 190 Å². The third-order valence-corrected chi connectivity index (χ3v) is 5.78. The lowest BCUT2D eigenvalue weighted by Gasteiger charge is -2.32. The minimum absolute atomic E-state index is 0.0632. The molecule has 2 aromatic heterocycles. The highest BCUT2D eigenvalue weighted by atomic mass is 19.2. The number of amides is 1.